The molecule has 3 N–H and O–H groups in total. The number of rotatable bonds is 4. The zero-order valence-corrected chi connectivity index (χ0v) is 11.2. The lowest BCUT2D eigenvalue weighted by Gasteiger charge is -2.26. The summed E-state index contributed by atoms with van der Waals surface area (Å²) in [5, 5.41) is 12.2. The molecule has 1 aliphatic rings. The van der Waals surface area contributed by atoms with Crippen LogP contribution in [0.25, 0.3) is 0 Å². The molecule has 1 heterocycles. The molecule has 0 aliphatic heterocycles. The summed E-state index contributed by atoms with van der Waals surface area (Å²) in [6, 6.07) is 3.23. The van der Waals surface area contributed by atoms with Crippen LogP contribution in [0.3, 0.4) is 0 Å². The second-order valence-corrected chi connectivity index (χ2v) is 5.43. The molecule has 1 amide bonds. The third-order valence-corrected chi connectivity index (χ3v) is 3.92. The van der Waals surface area contributed by atoms with Crippen molar-refractivity contribution in [1.82, 2.24) is 10.3 Å². The average Bonchev–Trinajstić information content (AvgIpc) is 2.85. The molecule has 5 heteroatoms. The monoisotopic (exact) mass is 264 g/mol. The Kier molecular flexibility index (Phi) is 4.04. The Morgan fingerprint density at radius 3 is 2.68 bits per heavy atom. The number of aromatic amines is 1. The minimum Gasteiger partial charge on any atom is -0.396 e. The lowest BCUT2D eigenvalue weighted by Crippen LogP contribution is -2.39. The van der Waals surface area contributed by atoms with Gasteiger partial charge in [0.05, 0.1) is 6.61 Å². The van der Waals surface area contributed by atoms with Gasteiger partial charge in [0, 0.05) is 17.7 Å². The molecule has 0 bridgehead atoms. The van der Waals surface area contributed by atoms with Crippen LogP contribution in [0.1, 0.15) is 41.7 Å². The van der Waals surface area contributed by atoms with Crippen molar-refractivity contribution in [3.8, 4) is 0 Å². The van der Waals surface area contributed by atoms with E-state index in [1.54, 1.807) is 13.0 Å². The van der Waals surface area contributed by atoms with Crippen molar-refractivity contribution in [3.63, 3.8) is 0 Å². The summed E-state index contributed by atoms with van der Waals surface area (Å²) in [7, 11) is 0. The maximum atomic E-state index is 12.0. The molecule has 104 valence electrons. The Morgan fingerprint density at radius 2 is 2.11 bits per heavy atom. The fourth-order valence-corrected chi connectivity index (χ4v) is 2.63. The predicted octanol–water partition coefficient (Wildman–Crippen LogP) is 0.966. The van der Waals surface area contributed by atoms with E-state index < -0.39 is 0 Å². The van der Waals surface area contributed by atoms with Crippen LogP contribution < -0.4 is 10.9 Å². The zero-order valence-electron chi connectivity index (χ0n) is 11.2. The summed E-state index contributed by atoms with van der Waals surface area (Å²) < 4.78 is 0. The van der Waals surface area contributed by atoms with Crippen LogP contribution in [0.15, 0.2) is 16.9 Å². The van der Waals surface area contributed by atoms with E-state index in [0.717, 1.165) is 31.4 Å². The molecule has 1 saturated carbocycles. The minimum atomic E-state index is -0.374. The van der Waals surface area contributed by atoms with E-state index in [1.807, 2.05) is 0 Å². The number of amides is 1. The first kappa shape index (κ1) is 13.8. The summed E-state index contributed by atoms with van der Waals surface area (Å²) in [5.41, 5.74) is 0.274. The third kappa shape index (κ3) is 3.04. The molecule has 0 unspecified atom stereocenters. The Hall–Kier alpha value is -1.62. The first-order valence-corrected chi connectivity index (χ1v) is 6.65. The predicted molar refractivity (Wildman–Crippen MR) is 72.1 cm³/mol. The quantitative estimate of drug-likeness (QED) is 0.757. The number of aliphatic hydroxyl groups is 1. The van der Waals surface area contributed by atoms with Gasteiger partial charge in [-0.15, -0.1) is 0 Å². The van der Waals surface area contributed by atoms with Crippen molar-refractivity contribution in [2.45, 2.75) is 32.6 Å². The lowest BCUT2D eigenvalue weighted by molar-refractivity contribution is 0.0879. The van der Waals surface area contributed by atoms with Gasteiger partial charge in [-0.05, 0) is 31.9 Å². The van der Waals surface area contributed by atoms with Crippen molar-refractivity contribution in [2.24, 2.45) is 5.41 Å². The van der Waals surface area contributed by atoms with Gasteiger partial charge in [0.1, 0.15) is 5.56 Å². The SMILES string of the molecule is Cc1ccc(C(=O)NCC2(CO)CCCC2)c(=O)[nH]1. The normalized spacial score (nSPS) is 17.4. The largest absolute Gasteiger partial charge is 0.396 e. The van der Waals surface area contributed by atoms with Crippen LogP contribution >= 0.6 is 0 Å². The van der Waals surface area contributed by atoms with E-state index in [2.05, 4.69) is 10.3 Å². The number of hydrogen-bond acceptors (Lipinski definition) is 3. The summed E-state index contributed by atoms with van der Waals surface area (Å²) in [5.74, 6) is -0.374. The van der Waals surface area contributed by atoms with Crippen molar-refractivity contribution in [2.75, 3.05) is 13.2 Å². The number of H-pyrrole nitrogens is 1. The van der Waals surface area contributed by atoms with Crippen molar-refractivity contribution in [1.29, 1.82) is 0 Å². The number of aliphatic hydroxyl groups excluding tert-OH is 1. The van der Waals surface area contributed by atoms with E-state index in [9.17, 15) is 14.7 Å². The topological polar surface area (TPSA) is 82.2 Å². The van der Waals surface area contributed by atoms with Gasteiger partial charge in [0.25, 0.3) is 11.5 Å². The van der Waals surface area contributed by atoms with Gasteiger partial charge < -0.3 is 15.4 Å². The fourth-order valence-electron chi connectivity index (χ4n) is 2.63. The maximum absolute atomic E-state index is 12.0. The third-order valence-electron chi connectivity index (χ3n) is 3.92. The summed E-state index contributed by atoms with van der Waals surface area (Å²) in [6.07, 6.45) is 4.02. The van der Waals surface area contributed by atoms with E-state index in [0.29, 0.717) is 6.54 Å². The standard InChI is InChI=1S/C14H20N2O3/c1-10-4-5-11(13(19)16-10)12(18)15-8-14(9-17)6-2-3-7-14/h4-5,17H,2-3,6-9H2,1H3,(H,15,18)(H,16,19). The Labute approximate surface area is 112 Å². The van der Waals surface area contributed by atoms with Crippen LogP contribution in [-0.2, 0) is 0 Å². The molecule has 1 aromatic heterocycles. The highest BCUT2D eigenvalue weighted by molar-refractivity contribution is 5.93. The second kappa shape index (κ2) is 5.57. The molecular formula is C14H20N2O3. The van der Waals surface area contributed by atoms with Gasteiger partial charge in [-0.2, -0.15) is 0 Å². The van der Waals surface area contributed by atoms with Gasteiger partial charge in [-0.3, -0.25) is 9.59 Å². The highest BCUT2D eigenvalue weighted by Gasteiger charge is 2.33. The van der Waals surface area contributed by atoms with Crippen LogP contribution in [0.2, 0.25) is 0 Å². The lowest BCUT2D eigenvalue weighted by atomic mass is 9.87. The molecule has 0 aromatic carbocycles. The van der Waals surface area contributed by atoms with Gasteiger partial charge in [-0.1, -0.05) is 12.8 Å². The molecule has 19 heavy (non-hydrogen) atoms. The summed E-state index contributed by atoms with van der Waals surface area (Å²) >= 11 is 0. The zero-order chi connectivity index (χ0) is 13.9. The van der Waals surface area contributed by atoms with E-state index in [4.69, 9.17) is 0 Å². The molecule has 2 rings (SSSR count). The highest BCUT2D eigenvalue weighted by Crippen LogP contribution is 2.36. The Balaban J connectivity index is 2.03. The summed E-state index contributed by atoms with van der Waals surface area (Å²) in [6.45, 7) is 2.27. The molecule has 1 aromatic rings. The first-order valence-electron chi connectivity index (χ1n) is 6.65. The number of aromatic nitrogens is 1. The van der Waals surface area contributed by atoms with E-state index in [-0.39, 0.29) is 29.1 Å². The number of pyridine rings is 1. The average molecular weight is 264 g/mol. The van der Waals surface area contributed by atoms with Gasteiger partial charge in [0.2, 0.25) is 0 Å². The number of carbonyl (C=O) groups excluding carboxylic acids is 1. The molecule has 0 atom stereocenters. The number of hydrogen-bond donors (Lipinski definition) is 3. The molecule has 5 nitrogen and oxygen atoms in total. The van der Waals surface area contributed by atoms with Crippen molar-refractivity contribution >= 4 is 5.91 Å². The van der Waals surface area contributed by atoms with Gasteiger partial charge >= 0.3 is 0 Å². The molecular weight excluding hydrogens is 244 g/mol. The van der Waals surface area contributed by atoms with Crippen LogP contribution in [-0.4, -0.2) is 29.1 Å². The fraction of sp³-hybridized carbons (Fsp3) is 0.571. The first-order chi connectivity index (χ1) is 9.06. The molecule has 0 radical (unpaired) electrons. The minimum absolute atomic E-state index is 0.0809. The summed E-state index contributed by atoms with van der Waals surface area (Å²) in [4.78, 5) is 26.2. The molecule has 0 spiro atoms. The van der Waals surface area contributed by atoms with Gasteiger partial charge in [0.15, 0.2) is 0 Å². The molecule has 1 fully saturated rings. The van der Waals surface area contributed by atoms with Gasteiger partial charge in [-0.25, -0.2) is 0 Å². The van der Waals surface area contributed by atoms with Crippen LogP contribution in [0.4, 0.5) is 0 Å². The maximum Gasteiger partial charge on any atom is 0.260 e. The Bertz CT molecular complexity index is 516. The smallest absolute Gasteiger partial charge is 0.260 e. The van der Waals surface area contributed by atoms with Crippen LogP contribution in [0.5, 0.6) is 0 Å². The number of nitrogens with one attached hydrogen (secondary N) is 2. The van der Waals surface area contributed by atoms with Crippen molar-refractivity contribution in [3.05, 3.63) is 33.7 Å². The number of carbonyl (C=O) groups is 1. The Morgan fingerprint density at radius 1 is 1.42 bits per heavy atom. The second-order valence-electron chi connectivity index (χ2n) is 5.43. The van der Waals surface area contributed by atoms with Crippen LogP contribution in [0, 0.1) is 12.3 Å². The van der Waals surface area contributed by atoms with E-state index in [1.165, 1.54) is 6.07 Å². The molecule has 0 saturated heterocycles. The number of aryl methyl sites for hydroxylation is 1. The van der Waals surface area contributed by atoms with E-state index >= 15 is 0 Å². The van der Waals surface area contributed by atoms with Crippen molar-refractivity contribution < 1.29 is 9.90 Å². The molecule has 1 aliphatic carbocycles. The highest BCUT2D eigenvalue weighted by atomic mass is 16.3.